The summed E-state index contributed by atoms with van der Waals surface area (Å²) in [5.74, 6) is -1.88. The van der Waals surface area contributed by atoms with Crippen molar-refractivity contribution in [2.75, 3.05) is 13.7 Å². The molecule has 0 spiro atoms. The summed E-state index contributed by atoms with van der Waals surface area (Å²) in [4.78, 5) is 15.2. The van der Waals surface area contributed by atoms with Crippen LogP contribution in [0.4, 0.5) is 13.2 Å². The summed E-state index contributed by atoms with van der Waals surface area (Å²) in [6.07, 6.45) is -4.91. The number of nitrogens with two attached hydrogens (primary N) is 1. The number of carbonyl (C=O) groups is 1. The van der Waals surface area contributed by atoms with E-state index in [0.29, 0.717) is 0 Å². The van der Waals surface area contributed by atoms with Crippen LogP contribution in [0.25, 0.3) is 0 Å². The standard InChI is InChI=1S/C11H13F3N2O4/c1-3-19-10(17)8-6(5-15)4-7(16-9(8)18-2)20-11(12,13)14/h4H,3,5,15H2,1-2H3. The zero-order valence-electron chi connectivity index (χ0n) is 10.8. The van der Waals surface area contributed by atoms with Gasteiger partial charge in [-0.15, -0.1) is 13.2 Å². The van der Waals surface area contributed by atoms with Crippen molar-refractivity contribution in [3.63, 3.8) is 0 Å². The highest BCUT2D eigenvalue weighted by Gasteiger charge is 2.33. The van der Waals surface area contributed by atoms with E-state index in [1.807, 2.05) is 0 Å². The lowest BCUT2D eigenvalue weighted by molar-refractivity contribution is -0.276. The van der Waals surface area contributed by atoms with E-state index in [4.69, 9.17) is 15.2 Å². The van der Waals surface area contributed by atoms with Crippen molar-refractivity contribution in [1.82, 2.24) is 4.98 Å². The molecule has 0 fully saturated rings. The van der Waals surface area contributed by atoms with E-state index in [9.17, 15) is 18.0 Å². The Labute approximate surface area is 112 Å². The number of pyridine rings is 1. The Balaban J connectivity index is 3.28. The van der Waals surface area contributed by atoms with Crippen molar-refractivity contribution in [3.8, 4) is 11.8 Å². The van der Waals surface area contributed by atoms with Gasteiger partial charge in [0.15, 0.2) is 0 Å². The number of nitrogens with zero attached hydrogens (tertiary/aromatic N) is 1. The molecule has 0 atom stereocenters. The molecule has 0 saturated carbocycles. The number of esters is 1. The van der Waals surface area contributed by atoms with Gasteiger partial charge in [-0.1, -0.05) is 0 Å². The number of ether oxygens (including phenoxy) is 3. The van der Waals surface area contributed by atoms with Crippen molar-refractivity contribution < 1.29 is 32.2 Å². The summed E-state index contributed by atoms with van der Waals surface area (Å²) in [7, 11) is 1.16. The van der Waals surface area contributed by atoms with Gasteiger partial charge in [-0.2, -0.15) is 4.98 Å². The van der Waals surface area contributed by atoms with Crippen LogP contribution >= 0.6 is 0 Å². The molecule has 9 heteroatoms. The van der Waals surface area contributed by atoms with Gasteiger partial charge in [0.2, 0.25) is 11.8 Å². The Morgan fingerprint density at radius 2 is 2.10 bits per heavy atom. The molecule has 1 aromatic heterocycles. The topological polar surface area (TPSA) is 83.7 Å². The van der Waals surface area contributed by atoms with Gasteiger partial charge in [-0.05, 0) is 12.5 Å². The van der Waals surface area contributed by atoms with Gasteiger partial charge in [0.25, 0.3) is 0 Å². The van der Waals surface area contributed by atoms with Gasteiger partial charge in [0.05, 0.1) is 13.7 Å². The van der Waals surface area contributed by atoms with Crippen LogP contribution in [0.3, 0.4) is 0 Å². The van der Waals surface area contributed by atoms with Crippen LogP contribution in [-0.2, 0) is 11.3 Å². The molecule has 0 aliphatic heterocycles. The first-order chi connectivity index (χ1) is 9.32. The molecule has 6 nitrogen and oxygen atoms in total. The molecule has 20 heavy (non-hydrogen) atoms. The summed E-state index contributed by atoms with van der Waals surface area (Å²) < 4.78 is 49.8. The van der Waals surface area contributed by atoms with E-state index < -0.39 is 18.2 Å². The Hall–Kier alpha value is -2.03. The predicted octanol–water partition coefficient (Wildman–Crippen LogP) is 1.62. The number of aromatic nitrogens is 1. The fourth-order valence-electron chi connectivity index (χ4n) is 1.45. The van der Waals surface area contributed by atoms with E-state index in [-0.39, 0.29) is 30.2 Å². The van der Waals surface area contributed by atoms with E-state index in [1.165, 1.54) is 0 Å². The highest BCUT2D eigenvalue weighted by Crippen LogP contribution is 2.29. The number of rotatable bonds is 5. The zero-order valence-corrected chi connectivity index (χ0v) is 10.8. The lowest BCUT2D eigenvalue weighted by atomic mass is 10.1. The van der Waals surface area contributed by atoms with Crippen LogP contribution in [0, 0.1) is 0 Å². The molecule has 1 aromatic rings. The minimum absolute atomic E-state index is 0.0783. The highest BCUT2D eigenvalue weighted by molar-refractivity contribution is 5.93. The molecular weight excluding hydrogens is 281 g/mol. The average Bonchev–Trinajstić information content (AvgIpc) is 2.35. The SMILES string of the molecule is CCOC(=O)c1c(CN)cc(OC(F)(F)F)nc1OC. The Bertz CT molecular complexity index is 466. The smallest absolute Gasteiger partial charge is 0.480 e. The molecule has 0 unspecified atom stereocenters. The van der Waals surface area contributed by atoms with E-state index in [0.717, 1.165) is 13.2 Å². The predicted molar refractivity (Wildman–Crippen MR) is 61.3 cm³/mol. The Morgan fingerprint density at radius 1 is 1.45 bits per heavy atom. The molecule has 0 amide bonds. The Kier molecular flexibility index (Phi) is 5.14. The molecular formula is C11H13F3N2O4. The summed E-state index contributed by atoms with van der Waals surface area (Å²) in [6.45, 7) is 1.47. The number of hydrogen-bond donors (Lipinski definition) is 1. The van der Waals surface area contributed by atoms with Gasteiger partial charge in [0, 0.05) is 12.6 Å². The molecule has 0 aromatic carbocycles. The number of methoxy groups -OCH3 is 1. The quantitative estimate of drug-likeness (QED) is 0.831. The normalized spacial score (nSPS) is 11.1. The molecule has 0 aliphatic rings. The van der Waals surface area contributed by atoms with Crippen LogP contribution in [0.5, 0.6) is 11.8 Å². The maximum absolute atomic E-state index is 12.2. The van der Waals surface area contributed by atoms with Gasteiger partial charge in [-0.25, -0.2) is 4.79 Å². The van der Waals surface area contributed by atoms with E-state index in [1.54, 1.807) is 6.92 Å². The summed E-state index contributed by atoms with van der Waals surface area (Å²) in [6, 6.07) is 0.919. The largest absolute Gasteiger partial charge is 0.574 e. The van der Waals surface area contributed by atoms with Crippen LogP contribution in [0.2, 0.25) is 0 Å². The minimum atomic E-state index is -4.91. The summed E-state index contributed by atoms with van der Waals surface area (Å²) >= 11 is 0. The second-order valence-electron chi connectivity index (χ2n) is 3.48. The van der Waals surface area contributed by atoms with Crippen molar-refractivity contribution in [2.45, 2.75) is 19.8 Å². The fourth-order valence-corrected chi connectivity index (χ4v) is 1.45. The molecule has 1 heterocycles. The number of carbonyl (C=O) groups excluding carboxylic acids is 1. The molecule has 2 N–H and O–H groups in total. The monoisotopic (exact) mass is 294 g/mol. The molecule has 0 saturated heterocycles. The molecule has 0 bridgehead atoms. The molecule has 1 rings (SSSR count). The third kappa shape index (κ3) is 3.98. The zero-order chi connectivity index (χ0) is 15.3. The van der Waals surface area contributed by atoms with Crippen LogP contribution < -0.4 is 15.2 Å². The highest BCUT2D eigenvalue weighted by atomic mass is 19.4. The summed E-state index contributed by atoms with van der Waals surface area (Å²) in [5.41, 5.74) is 5.37. The van der Waals surface area contributed by atoms with Crippen LogP contribution in [-0.4, -0.2) is 31.0 Å². The molecule has 0 aliphatic carbocycles. The Morgan fingerprint density at radius 3 is 2.55 bits per heavy atom. The average molecular weight is 294 g/mol. The maximum atomic E-state index is 12.2. The van der Waals surface area contributed by atoms with Crippen LogP contribution in [0.1, 0.15) is 22.8 Å². The van der Waals surface area contributed by atoms with Crippen molar-refractivity contribution in [3.05, 3.63) is 17.2 Å². The maximum Gasteiger partial charge on any atom is 0.574 e. The van der Waals surface area contributed by atoms with Gasteiger partial charge >= 0.3 is 12.3 Å². The third-order valence-electron chi connectivity index (χ3n) is 2.16. The molecule has 112 valence electrons. The number of halogens is 3. The first kappa shape index (κ1) is 16.0. The number of hydrogen-bond acceptors (Lipinski definition) is 6. The van der Waals surface area contributed by atoms with Crippen LogP contribution in [0.15, 0.2) is 6.07 Å². The second kappa shape index (κ2) is 6.42. The third-order valence-corrected chi connectivity index (χ3v) is 2.16. The van der Waals surface area contributed by atoms with Crippen molar-refractivity contribution >= 4 is 5.97 Å². The van der Waals surface area contributed by atoms with Gasteiger partial charge < -0.3 is 19.9 Å². The summed E-state index contributed by atoms with van der Waals surface area (Å²) in [5, 5.41) is 0. The fraction of sp³-hybridized carbons (Fsp3) is 0.455. The van der Waals surface area contributed by atoms with Gasteiger partial charge in [0.1, 0.15) is 5.56 Å². The van der Waals surface area contributed by atoms with Gasteiger partial charge in [-0.3, -0.25) is 0 Å². The first-order valence-electron chi connectivity index (χ1n) is 5.53. The second-order valence-corrected chi connectivity index (χ2v) is 3.48. The lowest BCUT2D eigenvalue weighted by Crippen LogP contribution is -2.20. The number of alkyl halides is 3. The van der Waals surface area contributed by atoms with Crippen molar-refractivity contribution in [2.24, 2.45) is 5.73 Å². The lowest BCUT2D eigenvalue weighted by Gasteiger charge is -2.14. The van der Waals surface area contributed by atoms with E-state index >= 15 is 0 Å². The van der Waals surface area contributed by atoms with E-state index in [2.05, 4.69) is 9.72 Å². The van der Waals surface area contributed by atoms with Crippen molar-refractivity contribution in [1.29, 1.82) is 0 Å². The first-order valence-corrected chi connectivity index (χ1v) is 5.53. The minimum Gasteiger partial charge on any atom is -0.480 e. The molecule has 0 radical (unpaired) electrons.